The van der Waals surface area contributed by atoms with Gasteiger partial charge in [0.1, 0.15) is 11.3 Å². The second kappa shape index (κ2) is 4.72. The molecule has 1 N–H and O–H groups in total. The van der Waals surface area contributed by atoms with Crippen molar-refractivity contribution in [1.29, 1.82) is 0 Å². The minimum atomic E-state index is 0.763. The number of hydrogen-bond donors (Lipinski definition) is 1. The lowest BCUT2D eigenvalue weighted by Gasteiger charge is -2.08. The van der Waals surface area contributed by atoms with Gasteiger partial charge in [0.2, 0.25) is 0 Å². The molecule has 4 heteroatoms. The van der Waals surface area contributed by atoms with Crippen molar-refractivity contribution in [2.75, 3.05) is 11.9 Å². The molecule has 0 saturated carbocycles. The fraction of sp³-hybridized carbons (Fsp3) is 0.200. The van der Waals surface area contributed by atoms with Crippen LogP contribution in [0.4, 0.5) is 5.82 Å². The Hall–Kier alpha value is -2.36. The number of benzene rings is 1. The number of nitrogens with zero attached hydrogens (tertiary/aromatic N) is 3. The van der Waals surface area contributed by atoms with Gasteiger partial charge < -0.3 is 5.32 Å². The number of fused-ring (bicyclic) bond motifs is 1. The monoisotopic (exact) mass is 252 g/mol. The van der Waals surface area contributed by atoms with Crippen LogP contribution in [0.2, 0.25) is 0 Å². The molecule has 0 aliphatic heterocycles. The number of aryl methyl sites for hydroxylation is 1. The average molecular weight is 252 g/mol. The van der Waals surface area contributed by atoms with Gasteiger partial charge in [-0.2, -0.15) is 5.10 Å². The van der Waals surface area contributed by atoms with Crippen molar-refractivity contribution in [2.45, 2.75) is 13.8 Å². The molecule has 4 nitrogen and oxygen atoms in total. The summed E-state index contributed by atoms with van der Waals surface area (Å²) in [5.74, 6) is 1.65. The maximum absolute atomic E-state index is 4.51. The van der Waals surface area contributed by atoms with E-state index in [2.05, 4.69) is 40.5 Å². The summed E-state index contributed by atoms with van der Waals surface area (Å²) in [6.45, 7) is 4.81. The summed E-state index contributed by atoms with van der Waals surface area (Å²) in [7, 11) is 0. The molecule has 3 rings (SSSR count). The quantitative estimate of drug-likeness (QED) is 0.778. The summed E-state index contributed by atoms with van der Waals surface area (Å²) in [4.78, 5) is 4.51. The van der Waals surface area contributed by atoms with Crippen molar-refractivity contribution in [1.82, 2.24) is 14.6 Å². The molecule has 0 aliphatic rings. The molecule has 0 unspecified atom stereocenters. The van der Waals surface area contributed by atoms with Crippen molar-refractivity contribution in [2.24, 2.45) is 0 Å². The Morgan fingerprint density at radius 2 is 1.95 bits per heavy atom. The Labute approximate surface area is 112 Å². The van der Waals surface area contributed by atoms with Gasteiger partial charge in [-0.25, -0.2) is 9.50 Å². The van der Waals surface area contributed by atoms with Gasteiger partial charge in [-0.05, 0) is 25.5 Å². The first-order valence-corrected chi connectivity index (χ1v) is 6.45. The highest BCUT2D eigenvalue weighted by Crippen LogP contribution is 2.29. The third-order valence-corrected chi connectivity index (χ3v) is 3.05. The summed E-state index contributed by atoms with van der Waals surface area (Å²) in [5.41, 5.74) is 3.35. The van der Waals surface area contributed by atoms with Gasteiger partial charge in [0.15, 0.2) is 5.82 Å². The molecule has 19 heavy (non-hydrogen) atoms. The molecule has 2 heterocycles. The first-order chi connectivity index (χ1) is 9.29. The van der Waals surface area contributed by atoms with Gasteiger partial charge in [-0.15, -0.1) is 0 Å². The Morgan fingerprint density at radius 1 is 1.16 bits per heavy atom. The van der Waals surface area contributed by atoms with Gasteiger partial charge >= 0.3 is 0 Å². The van der Waals surface area contributed by atoms with Crippen LogP contribution in [0.1, 0.15) is 12.7 Å². The number of nitrogens with one attached hydrogen (secondary N) is 1. The Balaban J connectivity index is 2.27. The van der Waals surface area contributed by atoms with Crippen LogP contribution < -0.4 is 5.32 Å². The largest absolute Gasteiger partial charge is 0.368 e. The van der Waals surface area contributed by atoms with Crippen molar-refractivity contribution >= 4 is 11.3 Å². The first kappa shape index (κ1) is 11.7. The maximum atomic E-state index is 4.51. The smallest absolute Gasteiger partial charge is 0.154 e. The normalized spacial score (nSPS) is 10.8. The third kappa shape index (κ3) is 2.05. The SMILES string of the molecule is CCNc1nc(C)nn2ccc(-c3ccccc3)c12. The van der Waals surface area contributed by atoms with E-state index >= 15 is 0 Å². The number of rotatable bonds is 3. The molecule has 0 aliphatic carbocycles. The van der Waals surface area contributed by atoms with Crippen LogP contribution in [-0.4, -0.2) is 21.1 Å². The molecule has 0 spiro atoms. The fourth-order valence-electron chi connectivity index (χ4n) is 2.28. The molecule has 0 saturated heterocycles. The van der Waals surface area contributed by atoms with E-state index in [-0.39, 0.29) is 0 Å². The van der Waals surface area contributed by atoms with E-state index < -0.39 is 0 Å². The third-order valence-electron chi connectivity index (χ3n) is 3.05. The van der Waals surface area contributed by atoms with Crippen molar-refractivity contribution in [3.05, 3.63) is 48.4 Å². The number of anilines is 1. The minimum absolute atomic E-state index is 0.763. The second-order valence-corrected chi connectivity index (χ2v) is 4.43. The van der Waals surface area contributed by atoms with Crippen LogP contribution in [0.3, 0.4) is 0 Å². The minimum Gasteiger partial charge on any atom is -0.368 e. The molecule has 0 atom stereocenters. The predicted octanol–water partition coefficient (Wildman–Crippen LogP) is 3.14. The molecule has 96 valence electrons. The Morgan fingerprint density at radius 3 is 2.68 bits per heavy atom. The fourth-order valence-corrected chi connectivity index (χ4v) is 2.28. The van der Waals surface area contributed by atoms with Crippen LogP contribution in [0.5, 0.6) is 0 Å². The van der Waals surface area contributed by atoms with E-state index in [4.69, 9.17) is 0 Å². The lowest BCUT2D eigenvalue weighted by molar-refractivity contribution is 0.856. The molecule has 2 aromatic heterocycles. The Kier molecular flexibility index (Phi) is 2.91. The van der Waals surface area contributed by atoms with E-state index in [1.807, 2.05) is 35.8 Å². The number of hydrogen-bond acceptors (Lipinski definition) is 3. The maximum Gasteiger partial charge on any atom is 0.154 e. The van der Waals surface area contributed by atoms with Gasteiger partial charge in [0, 0.05) is 18.3 Å². The van der Waals surface area contributed by atoms with Crippen LogP contribution >= 0.6 is 0 Å². The highest BCUT2D eigenvalue weighted by molar-refractivity contribution is 5.88. The van der Waals surface area contributed by atoms with E-state index in [9.17, 15) is 0 Å². The highest BCUT2D eigenvalue weighted by atomic mass is 15.3. The highest BCUT2D eigenvalue weighted by Gasteiger charge is 2.12. The van der Waals surface area contributed by atoms with E-state index in [0.29, 0.717) is 0 Å². The van der Waals surface area contributed by atoms with Crippen molar-refractivity contribution in [3.8, 4) is 11.1 Å². The lowest BCUT2D eigenvalue weighted by atomic mass is 10.1. The first-order valence-electron chi connectivity index (χ1n) is 6.45. The molecule has 1 aromatic carbocycles. The van der Waals surface area contributed by atoms with Gasteiger partial charge in [0.25, 0.3) is 0 Å². The summed E-state index contributed by atoms with van der Waals surface area (Å²) in [6.07, 6.45) is 1.98. The van der Waals surface area contributed by atoms with Crippen LogP contribution in [0, 0.1) is 6.92 Å². The summed E-state index contributed by atoms with van der Waals surface area (Å²) in [6, 6.07) is 12.4. The van der Waals surface area contributed by atoms with Crippen molar-refractivity contribution < 1.29 is 0 Å². The van der Waals surface area contributed by atoms with Gasteiger partial charge in [0.05, 0.1) is 0 Å². The van der Waals surface area contributed by atoms with Gasteiger partial charge in [-0.3, -0.25) is 0 Å². The lowest BCUT2D eigenvalue weighted by Crippen LogP contribution is -2.06. The molecular formula is C15H16N4. The topological polar surface area (TPSA) is 42.2 Å². The molecule has 0 bridgehead atoms. The molecular weight excluding hydrogens is 236 g/mol. The molecule has 3 aromatic rings. The Bertz CT molecular complexity index is 701. The van der Waals surface area contributed by atoms with Crippen LogP contribution in [0.15, 0.2) is 42.6 Å². The number of aromatic nitrogens is 3. The predicted molar refractivity (Wildman–Crippen MR) is 77.3 cm³/mol. The standard InChI is InChI=1S/C15H16N4/c1-3-16-15-14-13(12-7-5-4-6-8-12)9-10-19(14)18-11(2)17-15/h4-10H,3H2,1-2H3,(H,16,17,18). The second-order valence-electron chi connectivity index (χ2n) is 4.43. The van der Waals surface area contributed by atoms with Crippen LogP contribution in [0.25, 0.3) is 16.6 Å². The van der Waals surface area contributed by atoms with Crippen molar-refractivity contribution in [3.63, 3.8) is 0 Å². The average Bonchev–Trinajstić information content (AvgIpc) is 2.84. The van der Waals surface area contributed by atoms with E-state index in [1.54, 1.807) is 0 Å². The summed E-state index contributed by atoms with van der Waals surface area (Å²) < 4.78 is 1.89. The zero-order chi connectivity index (χ0) is 13.2. The zero-order valence-electron chi connectivity index (χ0n) is 11.1. The molecule has 0 fully saturated rings. The summed E-state index contributed by atoms with van der Waals surface area (Å²) >= 11 is 0. The summed E-state index contributed by atoms with van der Waals surface area (Å²) in [5, 5.41) is 7.75. The molecule has 0 amide bonds. The van der Waals surface area contributed by atoms with Crippen LogP contribution in [-0.2, 0) is 0 Å². The molecule has 0 radical (unpaired) electrons. The zero-order valence-corrected chi connectivity index (χ0v) is 11.1. The van der Waals surface area contributed by atoms with E-state index in [0.717, 1.165) is 29.3 Å². The van der Waals surface area contributed by atoms with E-state index in [1.165, 1.54) is 5.56 Å². The van der Waals surface area contributed by atoms with Gasteiger partial charge in [-0.1, -0.05) is 30.3 Å².